The van der Waals surface area contributed by atoms with Gasteiger partial charge in [-0.05, 0) is 43.0 Å². The van der Waals surface area contributed by atoms with Crippen LogP contribution in [0.5, 0.6) is 0 Å². The monoisotopic (exact) mass is 266 g/mol. The summed E-state index contributed by atoms with van der Waals surface area (Å²) in [6.07, 6.45) is 1.11. The Morgan fingerprint density at radius 1 is 1.15 bits per heavy atom. The third-order valence-corrected chi connectivity index (χ3v) is 4.37. The van der Waals surface area contributed by atoms with E-state index in [1.54, 1.807) is 0 Å². The molecule has 0 amide bonds. The van der Waals surface area contributed by atoms with Crippen molar-refractivity contribution in [3.05, 3.63) is 65.2 Å². The van der Waals surface area contributed by atoms with Crippen LogP contribution in [0.25, 0.3) is 0 Å². The molecule has 104 valence electrons. The summed E-state index contributed by atoms with van der Waals surface area (Å²) in [6, 6.07) is 18.0. The van der Waals surface area contributed by atoms with Crippen molar-refractivity contribution < 1.29 is 0 Å². The molecular weight excluding hydrogens is 244 g/mol. The number of nitrogens with two attached hydrogens (primary N) is 1. The van der Waals surface area contributed by atoms with Gasteiger partial charge in [0.1, 0.15) is 0 Å². The molecule has 2 atom stereocenters. The van der Waals surface area contributed by atoms with Crippen LogP contribution >= 0.6 is 0 Å². The van der Waals surface area contributed by atoms with Crippen molar-refractivity contribution in [2.45, 2.75) is 32.4 Å². The number of nitrogens with zero attached hydrogens (tertiary/aromatic N) is 1. The number of para-hydroxylation sites is 1. The number of anilines is 1. The Kier molecular flexibility index (Phi) is 3.49. The van der Waals surface area contributed by atoms with E-state index in [1.807, 2.05) is 0 Å². The molecule has 3 rings (SSSR count). The Bertz CT molecular complexity index is 606. The van der Waals surface area contributed by atoms with Gasteiger partial charge in [0.2, 0.25) is 0 Å². The molecule has 2 unspecified atom stereocenters. The van der Waals surface area contributed by atoms with E-state index in [2.05, 4.69) is 67.3 Å². The van der Waals surface area contributed by atoms with Crippen LogP contribution in [-0.2, 0) is 6.42 Å². The molecule has 0 saturated heterocycles. The molecule has 20 heavy (non-hydrogen) atoms. The molecule has 0 aromatic heterocycles. The van der Waals surface area contributed by atoms with Gasteiger partial charge in [0.25, 0.3) is 0 Å². The SMILES string of the molecule is Cc1ccccc1C(CN)N1c2ccccc2CC1C. The fourth-order valence-corrected chi connectivity index (χ4v) is 3.42. The van der Waals surface area contributed by atoms with Crippen LogP contribution in [0.3, 0.4) is 0 Å². The van der Waals surface area contributed by atoms with Crippen molar-refractivity contribution in [2.24, 2.45) is 5.73 Å². The smallest absolute Gasteiger partial charge is 0.0670 e. The number of rotatable bonds is 3. The number of hydrogen-bond acceptors (Lipinski definition) is 2. The maximum Gasteiger partial charge on any atom is 0.0670 e. The Morgan fingerprint density at radius 3 is 2.60 bits per heavy atom. The molecular formula is C18H22N2. The lowest BCUT2D eigenvalue weighted by molar-refractivity contribution is 0.567. The van der Waals surface area contributed by atoms with Gasteiger partial charge in [0.05, 0.1) is 6.04 Å². The van der Waals surface area contributed by atoms with Crippen LogP contribution in [0.2, 0.25) is 0 Å². The molecule has 2 aromatic carbocycles. The van der Waals surface area contributed by atoms with E-state index < -0.39 is 0 Å². The Hall–Kier alpha value is -1.80. The predicted octanol–water partition coefficient (Wildman–Crippen LogP) is 3.45. The van der Waals surface area contributed by atoms with Gasteiger partial charge in [0, 0.05) is 18.3 Å². The summed E-state index contributed by atoms with van der Waals surface area (Å²) in [5.74, 6) is 0. The summed E-state index contributed by atoms with van der Waals surface area (Å²) < 4.78 is 0. The maximum absolute atomic E-state index is 6.13. The van der Waals surface area contributed by atoms with Crippen molar-refractivity contribution in [2.75, 3.05) is 11.4 Å². The molecule has 0 spiro atoms. The second-order valence-electron chi connectivity index (χ2n) is 5.70. The van der Waals surface area contributed by atoms with Crippen LogP contribution < -0.4 is 10.6 Å². The van der Waals surface area contributed by atoms with E-state index in [0.717, 1.165) is 6.42 Å². The molecule has 1 aliphatic rings. The average molecular weight is 266 g/mol. The highest BCUT2D eigenvalue weighted by Gasteiger charge is 2.31. The summed E-state index contributed by atoms with van der Waals surface area (Å²) in [5, 5.41) is 0. The van der Waals surface area contributed by atoms with Gasteiger partial charge in [-0.1, -0.05) is 42.5 Å². The molecule has 0 aliphatic carbocycles. The second-order valence-corrected chi connectivity index (χ2v) is 5.70. The fourth-order valence-electron chi connectivity index (χ4n) is 3.42. The zero-order valence-corrected chi connectivity index (χ0v) is 12.2. The van der Waals surface area contributed by atoms with E-state index in [4.69, 9.17) is 5.73 Å². The first-order chi connectivity index (χ1) is 9.72. The minimum atomic E-state index is 0.259. The molecule has 0 radical (unpaired) electrons. The van der Waals surface area contributed by atoms with E-state index in [1.165, 1.54) is 22.4 Å². The number of benzene rings is 2. The normalized spacial score (nSPS) is 18.9. The molecule has 1 heterocycles. The molecule has 0 bridgehead atoms. The summed E-state index contributed by atoms with van der Waals surface area (Å²) in [5.41, 5.74) is 11.6. The summed E-state index contributed by atoms with van der Waals surface area (Å²) >= 11 is 0. The first-order valence-electron chi connectivity index (χ1n) is 7.34. The average Bonchev–Trinajstić information content (AvgIpc) is 2.78. The summed E-state index contributed by atoms with van der Waals surface area (Å²) in [4.78, 5) is 2.50. The Labute approximate surface area is 121 Å². The number of hydrogen-bond donors (Lipinski definition) is 1. The summed E-state index contributed by atoms with van der Waals surface area (Å²) in [7, 11) is 0. The van der Waals surface area contributed by atoms with E-state index in [9.17, 15) is 0 Å². The Morgan fingerprint density at radius 2 is 1.85 bits per heavy atom. The quantitative estimate of drug-likeness (QED) is 0.922. The highest BCUT2D eigenvalue weighted by Crippen LogP contribution is 2.38. The minimum Gasteiger partial charge on any atom is -0.360 e. The molecule has 2 aromatic rings. The van der Waals surface area contributed by atoms with Gasteiger partial charge in [-0.15, -0.1) is 0 Å². The minimum absolute atomic E-state index is 0.259. The zero-order valence-electron chi connectivity index (χ0n) is 12.2. The van der Waals surface area contributed by atoms with Gasteiger partial charge < -0.3 is 10.6 Å². The van der Waals surface area contributed by atoms with Crippen LogP contribution in [0.4, 0.5) is 5.69 Å². The lowest BCUT2D eigenvalue weighted by atomic mass is 9.99. The van der Waals surface area contributed by atoms with Gasteiger partial charge in [-0.25, -0.2) is 0 Å². The van der Waals surface area contributed by atoms with Crippen LogP contribution in [-0.4, -0.2) is 12.6 Å². The molecule has 2 heteroatoms. The van der Waals surface area contributed by atoms with Crippen LogP contribution in [0.1, 0.15) is 29.7 Å². The van der Waals surface area contributed by atoms with Gasteiger partial charge in [0.15, 0.2) is 0 Å². The van der Waals surface area contributed by atoms with Gasteiger partial charge in [-0.3, -0.25) is 0 Å². The maximum atomic E-state index is 6.13. The summed E-state index contributed by atoms with van der Waals surface area (Å²) in [6.45, 7) is 5.11. The molecule has 2 nitrogen and oxygen atoms in total. The second kappa shape index (κ2) is 5.29. The molecule has 0 fully saturated rings. The number of fused-ring (bicyclic) bond motifs is 1. The third-order valence-electron chi connectivity index (χ3n) is 4.37. The van der Waals surface area contributed by atoms with E-state index in [0.29, 0.717) is 12.6 Å². The largest absolute Gasteiger partial charge is 0.360 e. The molecule has 1 aliphatic heterocycles. The lowest BCUT2D eigenvalue weighted by Gasteiger charge is -2.34. The van der Waals surface area contributed by atoms with Crippen molar-refractivity contribution in [1.29, 1.82) is 0 Å². The van der Waals surface area contributed by atoms with Crippen LogP contribution in [0.15, 0.2) is 48.5 Å². The fraction of sp³-hybridized carbons (Fsp3) is 0.333. The molecule has 0 saturated carbocycles. The number of aryl methyl sites for hydroxylation is 1. The first kappa shape index (κ1) is 13.2. The Balaban J connectivity index is 2.04. The highest BCUT2D eigenvalue weighted by molar-refractivity contribution is 5.61. The van der Waals surface area contributed by atoms with Crippen molar-refractivity contribution in [3.8, 4) is 0 Å². The van der Waals surface area contributed by atoms with Gasteiger partial charge in [-0.2, -0.15) is 0 Å². The first-order valence-corrected chi connectivity index (χ1v) is 7.34. The van der Waals surface area contributed by atoms with Crippen LogP contribution in [0, 0.1) is 6.92 Å². The lowest BCUT2D eigenvalue weighted by Crippen LogP contribution is -2.38. The van der Waals surface area contributed by atoms with Crippen molar-refractivity contribution >= 4 is 5.69 Å². The van der Waals surface area contributed by atoms with Crippen molar-refractivity contribution in [3.63, 3.8) is 0 Å². The van der Waals surface area contributed by atoms with E-state index in [-0.39, 0.29) is 6.04 Å². The topological polar surface area (TPSA) is 29.3 Å². The predicted molar refractivity (Wildman–Crippen MR) is 85.1 cm³/mol. The van der Waals surface area contributed by atoms with Crippen molar-refractivity contribution in [1.82, 2.24) is 0 Å². The third kappa shape index (κ3) is 2.10. The molecule has 2 N–H and O–H groups in total. The zero-order chi connectivity index (χ0) is 14.1. The van der Waals surface area contributed by atoms with E-state index >= 15 is 0 Å². The highest BCUT2D eigenvalue weighted by atomic mass is 15.2. The standard InChI is InChI=1S/C18H22N2/c1-13-7-3-5-9-16(13)18(12-19)20-14(2)11-15-8-4-6-10-17(15)20/h3-10,14,18H,11-12,19H2,1-2H3. The van der Waals surface area contributed by atoms with Gasteiger partial charge >= 0.3 is 0 Å².